The van der Waals surface area contributed by atoms with E-state index in [0.29, 0.717) is 17.2 Å². The Morgan fingerprint density at radius 2 is 2.00 bits per heavy atom. The molecule has 98 valence electrons. The predicted octanol–water partition coefficient (Wildman–Crippen LogP) is 2.72. The number of carbonyl (C=O) groups excluding carboxylic acids is 1. The summed E-state index contributed by atoms with van der Waals surface area (Å²) >= 11 is 0. The van der Waals surface area contributed by atoms with Crippen LogP contribution in [0.25, 0.3) is 0 Å². The highest BCUT2D eigenvalue weighted by atomic mass is 16.5. The number of nitrogen functional groups attached to an aromatic ring is 1. The van der Waals surface area contributed by atoms with E-state index in [2.05, 4.69) is 6.92 Å². The van der Waals surface area contributed by atoms with E-state index in [4.69, 9.17) is 16.2 Å². The first kappa shape index (κ1) is 13.0. The summed E-state index contributed by atoms with van der Waals surface area (Å²) in [6.07, 6.45) is 0.918. The molecule has 1 amide bonds. The molecule has 0 spiro atoms. The van der Waals surface area contributed by atoms with Gasteiger partial charge in [0.25, 0.3) is 5.91 Å². The minimum Gasteiger partial charge on any atom is -0.457 e. The molecule has 0 aliphatic carbocycles. The lowest BCUT2D eigenvalue weighted by Gasteiger charge is -2.10. The molecule has 0 unspecified atom stereocenters. The van der Waals surface area contributed by atoms with Crippen LogP contribution in [0.1, 0.15) is 22.8 Å². The van der Waals surface area contributed by atoms with Crippen molar-refractivity contribution in [1.82, 2.24) is 0 Å². The number of primary amides is 1. The second kappa shape index (κ2) is 5.44. The molecule has 2 rings (SSSR count). The lowest BCUT2D eigenvalue weighted by molar-refractivity contribution is 0.0998. The number of hydrogen-bond acceptors (Lipinski definition) is 3. The van der Waals surface area contributed by atoms with E-state index in [-0.39, 0.29) is 5.56 Å². The largest absolute Gasteiger partial charge is 0.457 e. The van der Waals surface area contributed by atoms with Crippen molar-refractivity contribution in [3.63, 3.8) is 0 Å². The van der Waals surface area contributed by atoms with E-state index in [1.807, 2.05) is 24.3 Å². The summed E-state index contributed by atoms with van der Waals surface area (Å²) in [6.45, 7) is 2.07. The number of ether oxygens (including phenoxy) is 1. The molecule has 0 aromatic heterocycles. The second-order valence-corrected chi connectivity index (χ2v) is 4.22. The maximum absolute atomic E-state index is 11.4. The summed E-state index contributed by atoms with van der Waals surface area (Å²) in [6, 6.07) is 12.5. The minimum absolute atomic E-state index is 0.280. The standard InChI is InChI=1S/C15H16N2O2/c1-2-10-4-3-5-12(8-10)19-14-7-6-11(16)9-13(14)15(17)18/h3-9H,2,16H2,1H3,(H2,17,18). The molecule has 0 saturated heterocycles. The number of aryl methyl sites for hydroxylation is 1. The molecular weight excluding hydrogens is 240 g/mol. The highest BCUT2D eigenvalue weighted by Gasteiger charge is 2.10. The summed E-state index contributed by atoms with van der Waals surface area (Å²) in [5.41, 5.74) is 12.9. The van der Waals surface area contributed by atoms with Crippen LogP contribution >= 0.6 is 0 Å². The van der Waals surface area contributed by atoms with Gasteiger partial charge in [-0.3, -0.25) is 4.79 Å². The maximum atomic E-state index is 11.4. The van der Waals surface area contributed by atoms with E-state index in [0.717, 1.165) is 12.0 Å². The Bertz CT molecular complexity index is 609. The Labute approximate surface area is 112 Å². The number of nitrogens with two attached hydrogens (primary N) is 2. The first-order valence-corrected chi connectivity index (χ1v) is 6.06. The van der Waals surface area contributed by atoms with Crippen LogP contribution in [0.4, 0.5) is 5.69 Å². The number of amides is 1. The van der Waals surface area contributed by atoms with E-state index < -0.39 is 5.91 Å². The molecule has 0 atom stereocenters. The minimum atomic E-state index is -0.561. The smallest absolute Gasteiger partial charge is 0.252 e. The van der Waals surface area contributed by atoms with Gasteiger partial charge >= 0.3 is 0 Å². The molecular formula is C15H16N2O2. The van der Waals surface area contributed by atoms with Gasteiger partial charge in [-0.05, 0) is 42.3 Å². The Morgan fingerprint density at radius 3 is 2.68 bits per heavy atom. The number of hydrogen-bond donors (Lipinski definition) is 2. The third-order valence-corrected chi connectivity index (χ3v) is 2.80. The summed E-state index contributed by atoms with van der Waals surface area (Å²) in [7, 11) is 0. The van der Waals surface area contributed by atoms with Crippen molar-refractivity contribution < 1.29 is 9.53 Å². The number of benzene rings is 2. The van der Waals surface area contributed by atoms with Crippen molar-refractivity contribution in [2.24, 2.45) is 5.73 Å². The van der Waals surface area contributed by atoms with Crippen molar-refractivity contribution in [2.75, 3.05) is 5.73 Å². The SMILES string of the molecule is CCc1cccc(Oc2ccc(N)cc2C(N)=O)c1. The molecule has 0 aliphatic rings. The van der Waals surface area contributed by atoms with Crippen molar-refractivity contribution in [2.45, 2.75) is 13.3 Å². The van der Waals surface area contributed by atoms with Gasteiger partial charge < -0.3 is 16.2 Å². The van der Waals surface area contributed by atoms with Crippen molar-refractivity contribution >= 4 is 11.6 Å². The van der Waals surface area contributed by atoms with Gasteiger partial charge in [-0.15, -0.1) is 0 Å². The molecule has 0 radical (unpaired) electrons. The van der Waals surface area contributed by atoms with Gasteiger partial charge in [0.2, 0.25) is 0 Å². The van der Waals surface area contributed by atoms with Crippen molar-refractivity contribution in [3.05, 3.63) is 53.6 Å². The fourth-order valence-electron chi connectivity index (χ4n) is 1.79. The summed E-state index contributed by atoms with van der Waals surface area (Å²) < 4.78 is 5.71. The Kier molecular flexibility index (Phi) is 3.71. The highest BCUT2D eigenvalue weighted by Crippen LogP contribution is 2.27. The van der Waals surface area contributed by atoms with Crippen LogP contribution in [0.15, 0.2) is 42.5 Å². The van der Waals surface area contributed by atoms with Crippen LogP contribution in [-0.2, 0) is 6.42 Å². The van der Waals surface area contributed by atoms with Crippen LogP contribution in [0.3, 0.4) is 0 Å². The maximum Gasteiger partial charge on any atom is 0.252 e. The zero-order valence-corrected chi connectivity index (χ0v) is 10.7. The Hall–Kier alpha value is -2.49. The van der Waals surface area contributed by atoms with Gasteiger partial charge in [0.15, 0.2) is 0 Å². The third kappa shape index (κ3) is 3.04. The van der Waals surface area contributed by atoms with Gasteiger partial charge in [0.05, 0.1) is 5.56 Å². The second-order valence-electron chi connectivity index (χ2n) is 4.22. The lowest BCUT2D eigenvalue weighted by Crippen LogP contribution is -2.12. The molecule has 19 heavy (non-hydrogen) atoms. The molecule has 0 fully saturated rings. The molecule has 2 aromatic rings. The van der Waals surface area contributed by atoms with Crippen LogP contribution in [0, 0.1) is 0 Å². The van der Waals surface area contributed by atoms with Crippen molar-refractivity contribution in [1.29, 1.82) is 0 Å². The fourth-order valence-corrected chi connectivity index (χ4v) is 1.79. The topological polar surface area (TPSA) is 78.3 Å². The zero-order chi connectivity index (χ0) is 13.8. The molecule has 0 bridgehead atoms. The first-order chi connectivity index (χ1) is 9.10. The average Bonchev–Trinajstić information content (AvgIpc) is 2.41. The predicted molar refractivity (Wildman–Crippen MR) is 75.3 cm³/mol. The number of carbonyl (C=O) groups is 1. The van der Waals surface area contributed by atoms with Crippen LogP contribution < -0.4 is 16.2 Å². The lowest BCUT2D eigenvalue weighted by atomic mass is 10.1. The Morgan fingerprint density at radius 1 is 1.21 bits per heavy atom. The van der Waals surface area contributed by atoms with Crippen molar-refractivity contribution in [3.8, 4) is 11.5 Å². The van der Waals surface area contributed by atoms with Crippen LogP contribution in [-0.4, -0.2) is 5.91 Å². The molecule has 4 N–H and O–H groups in total. The van der Waals surface area contributed by atoms with E-state index in [1.165, 1.54) is 6.07 Å². The van der Waals surface area contributed by atoms with Gasteiger partial charge in [-0.2, -0.15) is 0 Å². The molecule has 2 aromatic carbocycles. The first-order valence-electron chi connectivity index (χ1n) is 6.06. The van der Waals surface area contributed by atoms with Gasteiger partial charge in [0.1, 0.15) is 11.5 Å². The normalized spacial score (nSPS) is 10.2. The third-order valence-electron chi connectivity index (χ3n) is 2.80. The van der Waals surface area contributed by atoms with E-state index >= 15 is 0 Å². The number of rotatable bonds is 4. The summed E-state index contributed by atoms with van der Waals surface area (Å²) in [5, 5.41) is 0. The molecule has 4 heteroatoms. The molecule has 4 nitrogen and oxygen atoms in total. The summed E-state index contributed by atoms with van der Waals surface area (Å²) in [4.78, 5) is 11.4. The molecule has 0 saturated carbocycles. The van der Waals surface area contributed by atoms with Crippen LogP contribution in [0.5, 0.6) is 11.5 Å². The molecule has 0 aliphatic heterocycles. The quantitative estimate of drug-likeness (QED) is 0.825. The summed E-state index contributed by atoms with van der Waals surface area (Å²) in [5.74, 6) is 0.524. The zero-order valence-electron chi connectivity index (χ0n) is 10.7. The van der Waals surface area contributed by atoms with E-state index in [9.17, 15) is 4.79 Å². The van der Waals surface area contributed by atoms with Gasteiger partial charge in [-0.1, -0.05) is 19.1 Å². The monoisotopic (exact) mass is 256 g/mol. The number of anilines is 1. The Balaban J connectivity index is 2.34. The fraction of sp³-hybridized carbons (Fsp3) is 0.133. The highest BCUT2D eigenvalue weighted by molar-refractivity contribution is 5.96. The van der Waals surface area contributed by atoms with Crippen LogP contribution in [0.2, 0.25) is 0 Å². The van der Waals surface area contributed by atoms with E-state index in [1.54, 1.807) is 12.1 Å². The molecule has 0 heterocycles. The van der Waals surface area contributed by atoms with Gasteiger partial charge in [0, 0.05) is 5.69 Å². The average molecular weight is 256 g/mol. The van der Waals surface area contributed by atoms with Gasteiger partial charge in [-0.25, -0.2) is 0 Å².